The van der Waals surface area contributed by atoms with Gasteiger partial charge in [0.2, 0.25) is 0 Å². The van der Waals surface area contributed by atoms with Crippen LogP contribution in [0.4, 0.5) is 0 Å². The maximum Gasteiger partial charge on any atom is 0.181 e. The lowest BCUT2D eigenvalue weighted by molar-refractivity contribution is -0.0247. The van der Waals surface area contributed by atoms with Crippen molar-refractivity contribution < 1.29 is 5.11 Å². The molecule has 0 saturated carbocycles. The zero-order valence-corrected chi connectivity index (χ0v) is 16.2. The number of β-amino-alcohol motifs (C(OH)–C–C–N with tert-alkyl or cyclic N) is 1. The molecule has 1 N–H and O–H groups in total. The van der Waals surface area contributed by atoms with Gasteiger partial charge in [0, 0.05) is 47.2 Å². The number of thiophene rings is 1. The van der Waals surface area contributed by atoms with Crippen LogP contribution in [0.15, 0.2) is 36.7 Å². The van der Waals surface area contributed by atoms with Crippen LogP contribution in [0.3, 0.4) is 0 Å². The minimum atomic E-state index is -0.769. The number of likely N-dealkylation sites (N-methyl/N-ethyl adjacent to an activating group) is 1. The summed E-state index contributed by atoms with van der Waals surface area (Å²) in [6, 6.07) is 8.27. The summed E-state index contributed by atoms with van der Waals surface area (Å²) in [6.45, 7) is 1.72. The molecule has 0 bridgehead atoms. The van der Waals surface area contributed by atoms with Gasteiger partial charge in [-0.15, -0.1) is 11.3 Å². The van der Waals surface area contributed by atoms with E-state index < -0.39 is 5.60 Å². The lowest BCUT2D eigenvalue weighted by atomic mass is 9.91. The van der Waals surface area contributed by atoms with Crippen LogP contribution in [-0.4, -0.2) is 49.9 Å². The Kier molecular flexibility index (Phi) is 3.79. The summed E-state index contributed by atoms with van der Waals surface area (Å²) in [5, 5.41) is 17.5. The molecule has 1 aliphatic rings. The normalized spacial score (nSPS) is 21.3. The van der Waals surface area contributed by atoms with Crippen LogP contribution < -0.4 is 0 Å². The molecule has 1 unspecified atom stereocenters. The third kappa shape index (κ3) is 2.92. The molecule has 0 aliphatic carbocycles. The second kappa shape index (κ2) is 6.09. The van der Waals surface area contributed by atoms with E-state index in [-0.39, 0.29) is 0 Å². The van der Waals surface area contributed by atoms with Crippen molar-refractivity contribution in [1.82, 2.24) is 24.6 Å². The van der Waals surface area contributed by atoms with Crippen LogP contribution in [0.1, 0.15) is 17.7 Å². The zero-order valence-electron chi connectivity index (χ0n) is 15.4. The summed E-state index contributed by atoms with van der Waals surface area (Å²) in [5.74, 6) is 0. The van der Waals surface area contributed by atoms with Gasteiger partial charge in [0.25, 0.3) is 0 Å². The van der Waals surface area contributed by atoms with Crippen molar-refractivity contribution >= 4 is 32.6 Å². The van der Waals surface area contributed by atoms with E-state index in [2.05, 4.69) is 40.2 Å². The number of nitrogens with zero attached hydrogens (tertiary/aromatic N) is 5. The van der Waals surface area contributed by atoms with Gasteiger partial charge in [-0.2, -0.15) is 5.10 Å². The van der Waals surface area contributed by atoms with E-state index in [9.17, 15) is 5.11 Å². The summed E-state index contributed by atoms with van der Waals surface area (Å²) in [7, 11) is 3.96. The molecular formula is C20H21N5OS. The van der Waals surface area contributed by atoms with Crippen molar-refractivity contribution in [3.8, 4) is 11.3 Å². The van der Waals surface area contributed by atoms with Gasteiger partial charge in [0.05, 0.1) is 5.69 Å². The molecule has 6 nitrogen and oxygen atoms in total. The van der Waals surface area contributed by atoms with Crippen molar-refractivity contribution in [2.45, 2.75) is 18.4 Å². The van der Waals surface area contributed by atoms with Gasteiger partial charge in [0.15, 0.2) is 5.65 Å². The zero-order chi connectivity index (χ0) is 18.6. The quantitative estimate of drug-likeness (QED) is 0.579. The lowest BCUT2D eigenvalue weighted by Crippen LogP contribution is -2.43. The molecular weight excluding hydrogens is 358 g/mol. The van der Waals surface area contributed by atoms with Crippen LogP contribution in [-0.2, 0) is 12.6 Å². The first-order chi connectivity index (χ1) is 13.0. The third-order valence-corrected chi connectivity index (χ3v) is 6.51. The van der Waals surface area contributed by atoms with Crippen molar-refractivity contribution in [2.75, 3.05) is 20.1 Å². The maximum atomic E-state index is 11.1. The first kappa shape index (κ1) is 16.8. The standard InChI is InChI=1S/C20H21N5OS/c1-24-7-3-6-20(26,12-24)17-9-13-4-5-16(22-19(13)27-17)14-8-15-11-25(2)23-18(15)21-10-14/h4-5,8-11,26H,3,6-7,12H2,1-2H3. The van der Waals surface area contributed by atoms with Crippen LogP contribution in [0.5, 0.6) is 0 Å². The van der Waals surface area contributed by atoms with Gasteiger partial charge < -0.3 is 10.0 Å². The molecule has 4 aromatic heterocycles. The van der Waals surface area contributed by atoms with E-state index in [1.807, 2.05) is 25.5 Å². The Labute approximate surface area is 161 Å². The smallest absolute Gasteiger partial charge is 0.181 e. The molecule has 138 valence electrons. The summed E-state index contributed by atoms with van der Waals surface area (Å²) < 4.78 is 1.77. The fourth-order valence-electron chi connectivity index (χ4n) is 3.93. The van der Waals surface area contributed by atoms with Crippen LogP contribution in [0, 0.1) is 0 Å². The van der Waals surface area contributed by atoms with Gasteiger partial charge in [-0.1, -0.05) is 0 Å². The monoisotopic (exact) mass is 379 g/mol. The lowest BCUT2D eigenvalue weighted by Gasteiger charge is -2.36. The number of hydrogen-bond donors (Lipinski definition) is 1. The van der Waals surface area contributed by atoms with E-state index in [4.69, 9.17) is 4.98 Å². The van der Waals surface area contributed by atoms with E-state index in [0.29, 0.717) is 6.54 Å². The Morgan fingerprint density at radius 2 is 2.07 bits per heavy atom. The maximum absolute atomic E-state index is 11.1. The number of likely N-dealkylation sites (tertiary alicyclic amines) is 1. The molecule has 0 spiro atoms. The number of piperidine rings is 1. The first-order valence-electron chi connectivity index (χ1n) is 9.12. The molecule has 1 fully saturated rings. The highest BCUT2D eigenvalue weighted by Gasteiger charge is 2.35. The second-order valence-corrected chi connectivity index (χ2v) is 8.54. The largest absolute Gasteiger partial charge is 0.383 e. The average Bonchev–Trinajstić information content (AvgIpc) is 3.22. The fraction of sp³-hybridized carbons (Fsp3) is 0.350. The number of aliphatic hydroxyl groups is 1. The van der Waals surface area contributed by atoms with Crippen LogP contribution >= 0.6 is 11.3 Å². The molecule has 0 radical (unpaired) electrons. The number of aryl methyl sites for hydroxylation is 1. The summed E-state index contributed by atoms with van der Waals surface area (Å²) in [6.07, 6.45) is 5.60. The summed E-state index contributed by atoms with van der Waals surface area (Å²) >= 11 is 1.60. The molecule has 1 atom stereocenters. The van der Waals surface area contributed by atoms with Gasteiger partial charge in [-0.05, 0) is 50.7 Å². The number of fused-ring (bicyclic) bond motifs is 2. The number of pyridine rings is 2. The molecule has 0 aromatic carbocycles. The van der Waals surface area contributed by atoms with Gasteiger partial charge in [0.1, 0.15) is 10.4 Å². The highest BCUT2D eigenvalue weighted by molar-refractivity contribution is 7.18. The van der Waals surface area contributed by atoms with Crippen molar-refractivity contribution in [3.05, 3.63) is 41.5 Å². The van der Waals surface area contributed by atoms with E-state index in [1.54, 1.807) is 16.0 Å². The molecule has 5 rings (SSSR count). The fourth-order valence-corrected chi connectivity index (χ4v) is 5.07. The van der Waals surface area contributed by atoms with Crippen molar-refractivity contribution in [1.29, 1.82) is 0 Å². The second-order valence-electron chi connectivity index (χ2n) is 7.51. The molecule has 7 heteroatoms. The van der Waals surface area contributed by atoms with Gasteiger partial charge in [-0.25, -0.2) is 9.97 Å². The molecule has 1 aliphatic heterocycles. The molecule has 1 saturated heterocycles. The molecule has 27 heavy (non-hydrogen) atoms. The van der Waals surface area contributed by atoms with Gasteiger partial charge >= 0.3 is 0 Å². The number of rotatable bonds is 2. The molecule has 0 amide bonds. The van der Waals surface area contributed by atoms with Crippen LogP contribution in [0.25, 0.3) is 32.5 Å². The molecule has 4 aromatic rings. The van der Waals surface area contributed by atoms with Crippen molar-refractivity contribution in [2.24, 2.45) is 7.05 Å². The minimum Gasteiger partial charge on any atom is -0.383 e. The summed E-state index contributed by atoms with van der Waals surface area (Å²) in [4.78, 5) is 13.5. The Morgan fingerprint density at radius 3 is 2.93 bits per heavy atom. The number of hydrogen-bond acceptors (Lipinski definition) is 6. The predicted octanol–water partition coefficient (Wildman–Crippen LogP) is 3.16. The van der Waals surface area contributed by atoms with E-state index in [1.165, 1.54) is 0 Å². The van der Waals surface area contributed by atoms with E-state index >= 15 is 0 Å². The Hall–Kier alpha value is -2.35. The Balaban J connectivity index is 1.55. The average molecular weight is 379 g/mol. The van der Waals surface area contributed by atoms with Crippen LogP contribution in [0.2, 0.25) is 0 Å². The highest BCUT2D eigenvalue weighted by atomic mass is 32.1. The SMILES string of the molecule is CN1CCCC(O)(c2cc3ccc(-c4cnc5nn(C)cc5c4)nc3s2)C1. The topological polar surface area (TPSA) is 67.1 Å². The highest BCUT2D eigenvalue weighted by Crippen LogP contribution is 2.38. The van der Waals surface area contributed by atoms with Gasteiger partial charge in [-0.3, -0.25) is 4.68 Å². The summed E-state index contributed by atoms with van der Waals surface area (Å²) in [5.41, 5.74) is 1.84. The predicted molar refractivity (Wildman–Crippen MR) is 108 cm³/mol. The third-order valence-electron chi connectivity index (χ3n) is 5.27. The Bertz CT molecular complexity index is 1150. The number of aromatic nitrogens is 4. The first-order valence-corrected chi connectivity index (χ1v) is 9.94. The van der Waals surface area contributed by atoms with Crippen molar-refractivity contribution in [3.63, 3.8) is 0 Å². The molecule has 5 heterocycles. The van der Waals surface area contributed by atoms with E-state index in [0.717, 1.165) is 56.8 Å². The Morgan fingerprint density at radius 1 is 1.19 bits per heavy atom. The minimum absolute atomic E-state index is 0.675.